The van der Waals surface area contributed by atoms with E-state index < -0.39 is 21.9 Å². The number of aliphatic carboxylic acids is 1. The van der Waals surface area contributed by atoms with Crippen LogP contribution in [0.3, 0.4) is 0 Å². The van der Waals surface area contributed by atoms with Crippen LogP contribution in [0.5, 0.6) is 0 Å². The van der Waals surface area contributed by atoms with Crippen molar-refractivity contribution in [2.24, 2.45) is 0 Å². The zero-order valence-electron chi connectivity index (χ0n) is 7.91. The molecule has 15 heavy (non-hydrogen) atoms. The van der Waals surface area contributed by atoms with Crippen molar-refractivity contribution in [3.63, 3.8) is 0 Å². The number of rotatable bonds is 3. The van der Waals surface area contributed by atoms with E-state index in [1.165, 1.54) is 24.3 Å². The van der Waals surface area contributed by atoms with Crippen LogP contribution in [-0.2, 0) is 14.6 Å². The van der Waals surface area contributed by atoms with Crippen LogP contribution in [0.2, 0.25) is 0 Å². The van der Waals surface area contributed by atoms with Crippen molar-refractivity contribution in [2.75, 3.05) is 6.26 Å². The third kappa shape index (κ3) is 2.77. The van der Waals surface area contributed by atoms with Gasteiger partial charge in [0, 0.05) is 6.26 Å². The van der Waals surface area contributed by atoms with E-state index >= 15 is 0 Å². The molecule has 0 amide bonds. The van der Waals surface area contributed by atoms with Gasteiger partial charge in [-0.2, -0.15) is 0 Å². The van der Waals surface area contributed by atoms with Gasteiger partial charge >= 0.3 is 5.97 Å². The molecule has 0 saturated carbocycles. The maximum absolute atomic E-state index is 11.1. The fraction of sp³-hybridized carbons (Fsp3) is 0.222. The summed E-state index contributed by atoms with van der Waals surface area (Å²) in [5.74, 6) is -1.37. The van der Waals surface area contributed by atoms with E-state index in [1.54, 1.807) is 0 Å². The summed E-state index contributed by atoms with van der Waals surface area (Å²) < 4.78 is 22.1. The number of carboxylic acids is 1. The van der Waals surface area contributed by atoms with Gasteiger partial charge in [-0.05, 0) is 17.7 Å². The van der Waals surface area contributed by atoms with E-state index in [1.807, 2.05) is 0 Å². The highest BCUT2D eigenvalue weighted by Crippen LogP contribution is 2.16. The summed E-state index contributed by atoms with van der Waals surface area (Å²) in [6, 6.07) is 5.07. The SMILES string of the molecule is CS(=O)(=O)c1ccc([C@H](O)C(=O)O)cc1. The zero-order chi connectivity index (χ0) is 11.6. The van der Waals surface area contributed by atoms with Crippen LogP contribution >= 0.6 is 0 Å². The molecule has 82 valence electrons. The molecular weight excluding hydrogens is 220 g/mol. The van der Waals surface area contributed by atoms with Gasteiger partial charge in [-0.1, -0.05) is 12.1 Å². The van der Waals surface area contributed by atoms with Crippen molar-refractivity contribution in [3.05, 3.63) is 29.8 Å². The monoisotopic (exact) mass is 230 g/mol. The summed E-state index contributed by atoms with van der Waals surface area (Å²) in [4.78, 5) is 10.5. The van der Waals surface area contributed by atoms with Crippen LogP contribution in [0.25, 0.3) is 0 Å². The summed E-state index contributed by atoms with van der Waals surface area (Å²) in [7, 11) is -3.29. The lowest BCUT2D eigenvalue weighted by Gasteiger charge is -2.05. The predicted molar refractivity (Wildman–Crippen MR) is 52.1 cm³/mol. The molecule has 1 rings (SSSR count). The molecule has 0 spiro atoms. The zero-order valence-corrected chi connectivity index (χ0v) is 8.73. The number of hydrogen-bond donors (Lipinski definition) is 2. The second-order valence-corrected chi connectivity index (χ2v) is 5.10. The molecule has 1 atom stereocenters. The maximum atomic E-state index is 11.1. The minimum absolute atomic E-state index is 0.0869. The average molecular weight is 230 g/mol. The van der Waals surface area contributed by atoms with E-state index in [0.29, 0.717) is 0 Å². The third-order valence-electron chi connectivity index (χ3n) is 1.86. The molecule has 0 heterocycles. The Morgan fingerprint density at radius 1 is 1.27 bits per heavy atom. The molecule has 1 aromatic rings. The summed E-state index contributed by atoms with van der Waals surface area (Å²) in [6.07, 6.45) is -0.575. The van der Waals surface area contributed by atoms with Crippen molar-refractivity contribution >= 4 is 15.8 Å². The van der Waals surface area contributed by atoms with E-state index in [4.69, 9.17) is 10.2 Å². The van der Waals surface area contributed by atoms with Crippen LogP contribution in [0.1, 0.15) is 11.7 Å². The van der Waals surface area contributed by atoms with Gasteiger partial charge in [0.2, 0.25) is 0 Å². The highest BCUT2D eigenvalue weighted by molar-refractivity contribution is 7.90. The van der Waals surface area contributed by atoms with Crippen molar-refractivity contribution in [2.45, 2.75) is 11.0 Å². The largest absolute Gasteiger partial charge is 0.479 e. The van der Waals surface area contributed by atoms with E-state index in [-0.39, 0.29) is 10.5 Å². The number of hydrogen-bond acceptors (Lipinski definition) is 4. The van der Waals surface area contributed by atoms with Gasteiger partial charge in [0.05, 0.1) is 4.90 Å². The van der Waals surface area contributed by atoms with Gasteiger partial charge in [0.15, 0.2) is 15.9 Å². The number of carboxylic acid groups (broad SMARTS) is 1. The second kappa shape index (κ2) is 4.00. The Bertz CT molecular complexity index is 460. The fourth-order valence-corrected chi connectivity index (χ4v) is 1.67. The molecular formula is C9H10O5S. The van der Waals surface area contributed by atoms with Crippen molar-refractivity contribution in [1.82, 2.24) is 0 Å². The topological polar surface area (TPSA) is 91.7 Å². The molecule has 0 saturated heterocycles. The Balaban J connectivity index is 3.06. The van der Waals surface area contributed by atoms with E-state index in [0.717, 1.165) is 6.26 Å². The summed E-state index contributed by atoms with van der Waals surface area (Å²) >= 11 is 0. The molecule has 0 aliphatic heterocycles. The molecule has 0 aromatic heterocycles. The molecule has 2 N–H and O–H groups in total. The summed E-state index contributed by atoms with van der Waals surface area (Å²) in [5, 5.41) is 17.6. The molecule has 0 aliphatic rings. The quantitative estimate of drug-likeness (QED) is 0.774. The van der Waals surface area contributed by atoms with Crippen molar-refractivity contribution < 1.29 is 23.4 Å². The van der Waals surface area contributed by atoms with Crippen LogP contribution in [0.4, 0.5) is 0 Å². The van der Waals surface area contributed by atoms with Gasteiger partial charge in [-0.15, -0.1) is 0 Å². The Morgan fingerprint density at radius 2 is 1.73 bits per heavy atom. The summed E-state index contributed by atoms with van der Waals surface area (Å²) in [6.45, 7) is 0. The lowest BCUT2D eigenvalue weighted by molar-refractivity contribution is -0.146. The first kappa shape index (κ1) is 11.7. The number of aliphatic hydroxyl groups is 1. The van der Waals surface area contributed by atoms with Gasteiger partial charge in [0.25, 0.3) is 0 Å². The third-order valence-corrected chi connectivity index (χ3v) is 2.99. The van der Waals surface area contributed by atoms with Gasteiger partial charge in [0.1, 0.15) is 0 Å². The lowest BCUT2D eigenvalue weighted by Crippen LogP contribution is -2.10. The minimum atomic E-state index is -3.29. The van der Waals surface area contributed by atoms with E-state index in [9.17, 15) is 13.2 Å². The van der Waals surface area contributed by atoms with Crippen molar-refractivity contribution in [3.8, 4) is 0 Å². The summed E-state index contributed by atoms with van der Waals surface area (Å²) in [5.41, 5.74) is 0.148. The molecule has 5 nitrogen and oxygen atoms in total. The molecule has 1 aromatic carbocycles. The maximum Gasteiger partial charge on any atom is 0.337 e. The smallest absolute Gasteiger partial charge is 0.337 e. The fourth-order valence-electron chi connectivity index (χ4n) is 1.04. The van der Waals surface area contributed by atoms with Crippen molar-refractivity contribution in [1.29, 1.82) is 0 Å². The Kier molecular flexibility index (Phi) is 3.11. The molecule has 0 radical (unpaired) electrons. The molecule has 6 heteroatoms. The number of benzene rings is 1. The highest BCUT2D eigenvalue weighted by Gasteiger charge is 2.16. The highest BCUT2D eigenvalue weighted by atomic mass is 32.2. The predicted octanol–water partition coefficient (Wildman–Crippen LogP) is 0.208. The molecule has 0 fully saturated rings. The second-order valence-electron chi connectivity index (χ2n) is 3.08. The van der Waals surface area contributed by atoms with Crippen LogP contribution in [0.15, 0.2) is 29.2 Å². The Labute approximate surface area is 86.9 Å². The van der Waals surface area contributed by atoms with Gasteiger partial charge in [-0.3, -0.25) is 0 Å². The van der Waals surface area contributed by atoms with Crippen LogP contribution < -0.4 is 0 Å². The normalized spacial score (nSPS) is 13.5. The van der Waals surface area contributed by atoms with E-state index in [2.05, 4.69) is 0 Å². The number of carbonyl (C=O) groups is 1. The Morgan fingerprint density at radius 3 is 2.07 bits per heavy atom. The van der Waals surface area contributed by atoms with Gasteiger partial charge < -0.3 is 10.2 Å². The number of aliphatic hydroxyl groups excluding tert-OH is 1. The van der Waals surface area contributed by atoms with Crippen LogP contribution in [-0.4, -0.2) is 30.9 Å². The minimum Gasteiger partial charge on any atom is -0.479 e. The molecule has 0 bridgehead atoms. The number of sulfone groups is 1. The molecule has 0 unspecified atom stereocenters. The first-order valence-corrected chi connectivity index (χ1v) is 5.92. The first-order valence-electron chi connectivity index (χ1n) is 4.03. The molecule has 0 aliphatic carbocycles. The first-order chi connectivity index (χ1) is 6.82. The average Bonchev–Trinajstić information content (AvgIpc) is 2.15. The van der Waals surface area contributed by atoms with Gasteiger partial charge in [-0.25, -0.2) is 13.2 Å². The van der Waals surface area contributed by atoms with Crippen LogP contribution in [0, 0.1) is 0 Å². The lowest BCUT2D eigenvalue weighted by atomic mass is 10.1. The Hall–Kier alpha value is -1.40. The standard InChI is InChI=1S/C9H10O5S/c1-15(13,14)7-4-2-6(3-5-7)8(10)9(11)12/h2-5,8,10H,1H3,(H,11,12)/t8-/m0/s1.